The summed E-state index contributed by atoms with van der Waals surface area (Å²) in [6, 6.07) is 19.7. The largest absolute Gasteiger partial charge is 0.349 e. The van der Waals surface area contributed by atoms with Gasteiger partial charge in [-0.1, -0.05) is 67.6 Å². The number of hydrogen-bond acceptors (Lipinski definition) is 2. The topological polar surface area (TPSA) is 32.3 Å². The molecule has 4 heteroatoms. The average molecular weight is 353 g/mol. The zero-order valence-electron chi connectivity index (χ0n) is 14.5. The number of nitrogens with zero attached hydrogens (tertiary/aromatic N) is 1. The molecule has 1 amide bonds. The van der Waals surface area contributed by atoms with Gasteiger partial charge in [0.25, 0.3) is 0 Å². The van der Waals surface area contributed by atoms with E-state index in [9.17, 15) is 4.79 Å². The lowest BCUT2D eigenvalue weighted by molar-refractivity contribution is -0.120. The van der Waals surface area contributed by atoms with Crippen LogP contribution in [0.4, 0.5) is 0 Å². The standard InChI is InChI=1S/C21H24N2OS/c1-16-12-14-23(15-13-16)21(25)22-20(24)19(17-8-4-2-5-9-17)18-10-6-3-7-11-18/h2-11,16,19H,12-15H2,1H3,(H,22,24,25). The van der Waals surface area contributed by atoms with Crippen molar-refractivity contribution in [1.29, 1.82) is 0 Å². The fourth-order valence-electron chi connectivity index (χ4n) is 3.25. The molecule has 0 aromatic heterocycles. The Morgan fingerprint density at radius 3 is 1.96 bits per heavy atom. The number of amides is 1. The molecule has 2 aromatic rings. The van der Waals surface area contributed by atoms with Gasteiger partial charge in [0.05, 0.1) is 5.92 Å². The molecule has 0 saturated carbocycles. The summed E-state index contributed by atoms with van der Waals surface area (Å²) in [6.45, 7) is 4.10. The summed E-state index contributed by atoms with van der Waals surface area (Å²) in [5.41, 5.74) is 1.95. The molecule has 0 aliphatic carbocycles. The van der Waals surface area contributed by atoms with Gasteiger partial charge in [0.15, 0.2) is 5.11 Å². The number of likely N-dealkylation sites (tertiary alicyclic amines) is 1. The monoisotopic (exact) mass is 352 g/mol. The van der Waals surface area contributed by atoms with Gasteiger partial charge in [-0.25, -0.2) is 0 Å². The van der Waals surface area contributed by atoms with Gasteiger partial charge in [0.1, 0.15) is 0 Å². The van der Waals surface area contributed by atoms with E-state index in [0.717, 1.165) is 43.0 Å². The van der Waals surface area contributed by atoms with Crippen LogP contribution in [0.2, 0.25) is 0 Å². The number of thiocarbonyl (C=S) groups is 1. The molecule has 3 nitrogen and oxygen atoms in total. The van der Waals surface area contributed by atoms with Crippen LogP contribution < -0.4 is 5.32 Å². The van der Waals surface area contributed by atoms with Gasteiger partial charge in [-0.2, -0.15) is 0 Å². The molecule has 1 aliphatic rings. The lowest BCUT2D eigenvalue weighted by Gasteiger charge is -2.32. The Bertz CT molecular complexity index is 670. The molecule has 3 rings (SSSR count). The lowest BCUT2D eigenvalue weighted by Crippen LogP contribution is -2.47. The molecule has 1 aliphatic heterocycles. The molecule has 130 valence electrons. The Kier molecular flexibility index (Phi) is 5.82. The average Bonchev–Trinajstić information content (AvgIpc) is 2.64. The summed E-state index contributed by atoms with van der Waals surface area (Å²) in [5.74, 6) is 0.307. The van der Waals surface area contributed by atoms with E-state index in [1.54, 1.807) is 0 Å². The van der Waals surface area contributed by atoms with E-state index in [-0.39, 0.29) is 11.8 Å². The third kappa shape index (κ3) is 4.45. The zero-order valence-corrected chi connectivity index (χ0v) is 15.3. The molecule has 0 bridgehead atoms. The second kappa shape index (κ2) is 8.26. The molecule has 0 unspecified atom stereocenters. The molecule has 0 spiro atoms. The quantitative estimate of drug-likeness (QED) is 0.849. The van der Waals surface area contributed by atoms with Crippen LogP contribution in [0.25, 0.3) is 0 Å². The highest BCUT2D eigenvalue weighted by molar-refractivity contribution is 7.80. The molecule has 2 aromatic carbocycles. The summed E-state index contributed by atoms with van der Waals surface area (Å²) >= 11 is 5.50. The summed E-state index contributed by atoms with van der Waals surface area (Å²) in [5, 5.41) is 3.53. The number of carbonyl (C=O) groups excluding carboxylic acids is 1. The molecule has 1 N–H and O–H groups in total. The number of nitrogens with one attached hydrogen (secondary N) is 1. The summed E-state index contributed by atoms with van der Waals surface area (Å²) in [6.07, 6.45) is 2.24. The maximum atomic E-state index is 13.0. The SMILES string of the molecule is CC1CCN(C(=S)NC(=O)C(c2ccccc2)c2ccccc2)CC1. The molecular weight excluding hydrogens is 328 g/mol. The Balaban J connectivity index is 1.77. The van der Waals surface area contributed by atoms with Crippen molar-refractivity contribution in [3.8, 4) is 0 Å². The van der Waals surface area contributed by atoms with Crippen molar-refractivity contribution in [2.45, 2.75) is 25.7 Å². The molecule has 1 fully saturated rings. The van der Waals surface area contributed by atoms with E-state index in [1.165, 1.54) is 0 Å². The van der Waals surface area contributed by atoms with Crippen LogP contribution in [0.15, 0.2) is 60.7 Å². The van der Waals surface area contributed by atoms with Crippen LogP contribution in [0.1, 0.15) is 36.8 Å². The van der Waals surface area contributed by atoms with E-state index in [4.69, 9.17) is 12.2 Å². The highest BCUT2D eigenvalue weighted by Crippen LogP contribution is 2.25. The van der Waals surface area contributed by atoms with Crippen LogP contribution in [0, 0.1) is 5.92 Å². The van der Waals surface area contributed by atoms with E-state index in [0.29, 0.717) is 5.11 Å². The van der Waals surface area contributed by atoms with E-state index >= 15 is 0 Å². The van der Waals surface area contributed by atoms with Crippen LogP contribution in [0.5, 0.6) is 0 Å². The Hall–Kier alpha value is -2.20. The number of carbonyl (C=O) groups is 1. The first-order valence-corrected chi connectivity index (χ1v) is 9.25. The van der Waals surface area contributed by atoms with Crippen molar-refractivity contribution in [3.05, 3.63) is 71.8 Å². The van der Waals surface area contributed by atoms with Crippen molar-refractivity contribution in [1.82, 2.24) is 10.2 Å². The van der Waals surface area contributed by atoms with Crippen molar-refractivity contribution < 1.29 is 4.79 Å². The van der Waals surface area contributed by atoms with Gasteiger partial charge in [0.2, 0.25) is 5.91 Å². The first kappa shape index (κ1) is 17.6. The van der Waals surface area contributed by atoms with E-state index < -0.39 is 0 Å². The van der Waals surface area contributed by atoms with Gasteiger partial charge >= 0.3 is 0 Å². The maximum Gasteiger partial charge on any atom is 0.238 e. The van der Waals surface area contributed by atoms with Gasteiger partial charge in [-0.15, -0.1) is 0 Å². The highest BCUT2D eigenvalue weighted by atomic mass is 32.1. The third-order valence-corrected chi connectivity index (χ3v) is 5.19. The third-order valence-electron chi connectivity index (χ3n) is 4.83. The second-order valence-electron chi connectivity index (χ2n) is 6.72. The molecular formula is C21H24N2OS. The van der Waals surface area contributed by atoms with Crippen molar-refractivity contribution >= 4 is 23.2 Å². The minimum absolute atomic E-state index is 0.0685. The van der Waals surface area contributed by atoms with Crippen LogP contribution in [-0.2, 0) is 4.79 Å². The number of piperidine rings is 1. The smallest absolute Gasteiger partial charge is 0.238 e. The van der Waals surface area contributed by atoms with Gasteiger partial charge in [0, 0.05) is 13.1 Å². The van der Waals surface area contributed by atoms with Crippen molar-refractivity contribution in [2.75, 3.05) is 13.1 Å². The number of hydrogen-bond donors (Lipinski definition) is 1. The van der Waals surface area contributed by atoms with Crippen molar-refractivity contribution in [2.24, 2.45) is 5.92 Å². The molecule has 1 saturated heterocycles. The highest BCUT2D eigenvalue weighted by Gasteiger charge is 2.25. The molecule has 0 atom stereocenters. The molecule has 25 heavy (non-hydrogen) atoms. The number of benzene rings is 2. The fourth-order valence-corrected chi connectivity index (χ4v) is 3.54. The van der Waals surface area contributed by atoms with E-state index in [2.05, 4.69) is 17.1 Å². The minimum Gasteiger partial charge on any atom is -0.349 e. The first-order chi connectivity index (χ1) is 12.1. The minimum atomic E-state index is -0.357. The summed E-state index contributed by atoms with van der Waals surface area (Å²) < 4.78 is 0. The van der Waals surface area contributed by atoms with E-state index in [1.807, 2.05) is 60.7 Å². The number of rotatable bonds is 3. The molecule has 1 heterocycles. The lowest BCUT2D eigenvalue weighted by atomic mass is 9.90. The van der Waals surface area contributed by atoms with Crippen LogP contribution >= 0.6 is 12.2 Å². The summed E-state index contributed by atoms with van der Waals surface area (Å²) in [4.78, 5) is 15.1. The Morgan fingerprint density at radius 2 is 1.48 bits per heavy atom. The fraction of sp³-hybridized carbons (Fsp3) is 0.333. The van der Waals surface area contributed by atoms with Crippen LogP contribution in [0.3, 0.4) is 0 Å². The normalized spacial score (nSPS) is 15.2. The summed E-state index contributed by atoms with van der Waals surface area (Å²) in [7, 11) is 0. The maximum absolute atomic E-state index is 13.0. The van der Waals surface area contributed by atoms with Gasteiger partial charge < -0.3 is 10.2 Å². The van der Waals surface area contributed by atoms with Gasteiger partial charge in [-0.05, 0) is 42.1 Å². The first-order valence-electron chi connectivity index (χ1n) is 8.85. The second-order valence-corrected chi connectivity index (χ2v) is 7.11. The zero-order chi connectivity index (χ0) is 17.6. The van der Waals surface area contributed by atoms with Gasteiger partial charge in [-0.3, -0.25) is 4.79 Å². The Morgan fingerprint density at radius 1 is 1.00 bits per heavy atom. The Labute approximate surface area is 155 Å². The molecule has 0 radical (unpaired) electrons. The predicted molar refractivity (Wildman–Crippen MR) is 105 cm³/mol. The van der Waals surface area contributed by atoms with Crippen molar-refractivity contribution in [3.63, 3.8) is 0 Å². The predicted octanol–water partition coefficient (Wildman–Crippen LogP) is 3.95. The van der Waals surface area contributed by atoms with Crippen LogP contribution in [-0.4, -0.2) is 29.0 Å².